The van der Waals surface area contributed by atoms with Gasteiger partial charge in [-0.2, -0.15) is 0 Å². The number of nitrogens with one attached hydrogen (secondary N) is 13. The van der Waals surface area contributed by atoms with Crippen LogP contribution in [0.4, 0.5) is 0 Å². The van der Waals surface area contributed by atoms with Crippen molar-refractivity contribution in [3.63, 3.8) is 0 Å². The third-order valence-corrected chi connectivity index (χ3v) is 23.8. The molecule has 3 fully saturated rings. The van der Waals surface area contributed by atoms with Crippen LogP contribution in [0, 0.1) is 0 Å². The molecule has 0 radical (unpaired) electrons. The fourth-order valence-corrected chi connectivity index (χ4v) is 16.3. The Morgan fingerprint density at radius 3 is 1.80 bits per heavy atom. The normalized spacial score (nSPS) is 24.3. The molecule has 44 heteroatoms. The second-order valence-electron chi connectivity index (χ2n) is 32.3. The van der Waals surface area contributed by atoms with Crippen LogP contribution in [0.1, 0.15) is 114 Å². The van der Waals surface area contributed by atoms with E-state index in [2.05, 4.69) is 79.7 Å². The Balaban J connectivity index is 1.08. The van der Waals surface area contributed by atoms with Crippen molar-refractivity contribution < 1.29 is 107 Å². The average Bonchev–Trinajstić information content (AvgIpc) is 1.67. The molecular weight excluding hydrogens is 1720 g/mol. The molecule has 3 aromatic carbocycles. The number of primary amides is 2. The smallest absolute Gasteiger partial charge is 0.305 e. The van der Waals surface area contributed by atoms with Crippen molar-refractivity contribution in [2.75, 3.05) is 58.9 Å². The minimum absolute atomic E-state index is 0.0572. The number of likely N-dealkylation sites (N-methyl/N-ethyl adjacent to an activating group) is 3. The van der Waals surface area contributed by atoms with Crippen LogP contribution in [0.3, 0.4) is 0 Å². The van der Waals surface area contributed by atoms with Gasteiger partial charge in [0.1, 0.15) is 83.9 Å². The first-order valence-electron chi connectivity index (χ1n) is 42.7. The van der Waals surface area contributed by atoms with Gasteiger partial charge in [-0.25, -0.2) is 4.98 Å². The number of carbonyl (C=O) groups excluding carboxylic acids is 17. The second-order valence-corrected chi connectivity index (χ2v) is 33.3. The number of thioether (sulfide) groups is 1. The van der Waals surface area contributed by atoms with E-state index in [-0.39, 0.29) is 68.6 Å². The molecule has 13 atom stereocenters. The Hall–Kier alpha value is -14.0. The summed E-state index contributed by atoms with van der Waals surface area (Å²) in [5.41, 5.74) is 12.7. The summed E-state index contributed by atoms with van der Waals surface area (Å²) in [5.74, 6) is -20.3. The SMILES string of the molecule is C=C1NC(=O)[C@H](CCCC)N(C)C(=O)/C(=C\CCC)N(C)C(=O)[C@H](Cc2c[nH]c3ccccc23)NC(=O)[C@H](CO)NC(=O)[C@H](Cc2c[nH]c3ccccc23)NC(=O)C2C[C@@H](O)CN2C(=O)[C@H](CCC(N)=O)NC(=O)[C@H](Cc2cnc[nH]2)NC(=O)[C@@H]2CCCN2C(=O)[C@H](CC(=O)O)NC(=O)[C@H](C)N(C)C(=O)[C@H](Cc2ccc(O)cc2)NC(=O)CSC[C@@H](C(=O)NCC(N)=O)NC1=O. The lowest BCUT2D eigenvalue weighted by Gasteiger charge is -2.32. The molecule has 0 aliphatic carbocycles. The minimum atomic E-state index is -1.94. The number of nitrogens with zero attached hydrogens (tertiary/aromatic N) is 6. The molecule has 3 aliphatic heterocycles. The highest BCUT2D eigenvalue weighted by molar-refractivity contribution is 8.00. The molecule has 704 valence electrons. The third-order valence-electron chi connectivity index (χ3n) is 22.8. The van der Waals surface area contributed by atoms with Gasteiger partial charge in [0.05, 0.1) is 43.5 Å². The number of allylic oxidation sites excluding steroid dienone is 1. The Bertz CT molecular complexity index is 5250. The van der Waals surface area contributed by atoms with Crippen LogP contribution in [-0.4, -0.2) is 309 Å². The van der Waals surface area contributed by atoms with Gasteiger partial charge in [-0.15, -0.1) is 11.8 Å². The highest BCUT2D eigenvalue weighted by Crippen LogP contribution is 2.28. The molecule has 6 heterocycles. The second kappa shape index (κ2) is 47.3. The average molecular weight is 1840 g/mol. The number of carboxylic acids is 1. The number of fused-ring (bicyclic) bond motifs is 4. The number of hydrogen-bond donors (Lipinski definition) is 19. The minimum Gasteiger partial charge on any atom is -0.508 e. The van der Waals surface area contributed by atoms with E-state index in [1.165, 1.54) is 70.9 Å². The number of nitrogens with two attached hydrogens (primary N) is 2. The molecular formula is C87H113N21O22S. The molecule has 3 aromatic heterocycles. The molecule has 0 spiro atoms. The Labute approximate surface area is 756 Å². The van der Waals surface area contributed by atoms with E-state index in [1.807, 2.05) is 0 Å². The van der Waals surface area contributed by atoms with Gasteiger partial charge in [0.15, 0.2) is 0 Å². The molecule has 3 aliphatic rings. The topological polar surface area (TPSA) is 637 Å². The van der Waals surface area contributed by atoms with Gasteiger partial charge in [-0.1, -0.05) is 94.3 Å². The van der Waals surface area contributed by atoms with Crippen LogP contribution in [0.2, 0.25) is 0 Å². The van der Waals surface area contributed by atoms with Gasteiger partial charge in [0.25, 0.3) is 11.8 Å². The van der Waals surface area contributed by atoms with E-state index in [1.54, 1.807) is 74.8 Å². The standard InChI is InChI=1S/C87H113N21O22S/c1-8-10-21-66-80(123)95-46(3)74(117)103-65(76(119)93-40-71(89)113)43-131-44-72(114)96-61(31-48-24-26-52(110)27-25-48)83(126)104(5)47(4)75(118)100-63(36-73(115)116)86(129)107-30-16-23-67(107)81(124)99-60(34-51-39-90-45-94-51)78(121)97-58(28-29-70(88)112)85(128)108-41-53(111)35-69(108)82(125)98-59(32-49-37-91-56-19-14-12-17-54(49)56)77(120)102-64(42-109)79(122)101-62(33-50-38-92-57-20-15-13-18-55(50)57)84(127)106(7)68(22-11-9-2)87(130)105(66)6/h12-15,17-20,22,24-27,37-39,45,47,53,58-67,69,91-92,109-111H,3,8-11,16,21,23,28-36,40-44H2,1-2,4-7H3,(H2,88,112)(H2,89,113)(H,90,94)(H,93,119)(H,95,123)(H,96,114)(H,97,121)(H,98,125)(H,99,124)(H,100,118)(H,101,122)(H,102,120)(H,103,117)(H,115,116)/b68-22+/t47-,53+,58-,59-,60-,61-,62-,63-,64-,65-,66-,67-,69?/m0/s1. The number of aromatic nitrogens is 4. The van der Waals surface area contributed by atoms with Crippen LogP contribution in [0.25, 0.3) is 21.8 Å². The Morgan fingerprint density at radius 2 is 1.20 bits per heavy atom. The number of aromatic hydroxyl groups is 1. The summed E-state index contributed by atoms with van der Waals surface area (Å²) < 4.78 is 0. The highest BCUT2D eigenvalue weighted by Gasteiger charge is 2.46. The van der Waals surface area contributed by atoms with Crippen molar-refractivity contribution in [1.29, 1.82) is 0 Å². The molecule has 6 aromatic rings. The molecule has 0 bridgehead atoms. The molecule has 17 amide bonds. The maximum atomic E-state index is 15.6. The summed E-state index contributed by atoms with van der Waals surface area (Å²) in [6.45, 7) is 5.89. The number of aliphatic hydroxyl groups is 2. The van der Waals surface area contributed by atoms with Crippen LogP contribution in [0.15, 0.2) is 122 Å². The lowest BCUT2D eigenvalue weighted by molar-refractivity contribution is -0.147. The number of phenols is 1. The lowest BCUT2D eigenvalue weighted by Crippen LogP contribution is -2.61. The number of benzene rings is 3. The molecule has 21 N–H and O–H groups in total. The number of hydrogen-bond acceptors (Lipinski definition) is 23. The third kappa shape index (κ3) is 27.3. The van der Waals surface area contributed by atoms with Crippen molar-refractivity contribution in [2.24, 2.45) is 11.5 Å². The van der Waals surface area contributed by atoms with E-state index < -0.39 is 254 Å². The first-order chi connectivity index (χ1) is 62.4. The molecule has 3 saturated heterocycles. The van der Waals surface area contributed by atoms with E-state index in [9.17, 15) is 78.0 Å². The van der Waals surface area contributed by atoms with Crippen LogP contribution < -0.4 is 64.6 Å². The zero-order valence-electron chi connectivity index (χ0n) is 73.3. The van der Waals surface area contributed by atoms with Gasteiger partial charge in [0.2, 0.25) is 88.6 Å². The number of phenolic OH excluding ortho intramolecular Hbond substituents is 1. The number of imidazole rings is 1. The lowest BCUT2D eigenvalue weighted by atomic mass is 10.0. The number of carbonyl (C=O) groups is 18. The van der Waals surface area contributed by atoms with Crippen molar-refractivity contribution in [3.05, 3.63) is 144 Å². The summed E-state index contributed by atoms with van der Waals surface area (Å²) in [5, 5.41) is 69.3. The fourth-order valence-electron chi connectivity index (χ4n) is 15.5. The van der Waals surface area contributed by atoms with Crippen LogP contribution >= 0.6 is 11.8 Å². The highest BCUT2D eigenvalue weighted by atomic mass is 32.2. The van der Waals surface area contributed by atoms with Crippen LogP contribution in [0.5, 0.6) is 5.75 Å². The number of unbranched alkanes of at least 4 members (excludes halogenated alkanes) is 2. The van der Waals surface area contributed by atoms with Gasteiger partial charge < -0.3 is 125 Å². The molecule has 131 heavy (non-hydrogen) atoms. The number of aliphatic hydroxyl groups excluding tert-OH is 2. The van der Waals surface area contributed by atoms with Crippen molar-refractivity contribution >= 4 is 140 Å². The largest absolute Gasteiger partial charge is 0.508 e. The Morgan fingerprint density at radius 1 is 0.618 bits per heavy atom. The molecule has 1 unspecified atom stereocenters. The number of aliphatic carboxylic acids is 1. The predicted molar refractivity (Wildman–Crippen MR) is 473 cm³/mol. The number of carboxylic acid groups (broad SMARTS) is 1. The van der Waals surface area contributed by atoms with E-state index >= 15 is 28.8 Å². The summed E-state index contributed by atoms with van der Waals surface area (Å²) in [4.78, 5) is 277. The maximum Gasteiger partial charge on any atom is 0.305 e. The summed E-state index contributed by atoms with van der Waals surface area (Å²) in [7, 11) is 3.69. The first-order valence-corrected chi connectivity index (χ1v) is 43.9. The van der Waals surface area contributed by atoms with Crippen molar-refractivity contribution in [2.45, 2.75) is 196 Å². The van der Waals surface area contributed by atoms with Crippen molar-refractivity contribution in [1.82, 2.24) is 97.6 Å². The van der Waals surface area contributed by atoms with E-state index in [4.69, 9.17) is 11.5 Å². The molecule has 43 nitrogen and oxygen atoms in total. The first kappa shape index (κ1) is 101. The summed E-state index contributed by atoms with van der Waals surface area (Å²) in [6, 6.07) is -0.752. The van der Waals surface area contributed by atoms with Gasteiger partial charge in [-0.3, -0.25) is 86.3 Å². The predicted octanol–water partition coefficient (Wildman–Crippen LogP) is -3.10. The molecule has 0 saturated carbocycles. The maximum absolute atomic E-state index is 15.6. The zero-order valence-corrected chi connectivity index (χ0v) is 74.1. The number of amides is 17. The van der Waals surface area contributed by atoms with Gasteiger partial charge in [0, 0.05) is 125 Å². The summed E-state index contributed by atoms with van der Waals surface area (Å²) >= 11 is 0.726. The van der Waals surface area contributed by atoms with E-state index in [0.29, 0.717) is 57.8 Å². The number of aromatic amines is 3. The van der Waals surface area contributed by atoms with Crippen molar-refractivity contribution in [3.8, 4) is 5.75 Å². The van der Waals surface area contributed by atoms with Crippen LogP contribution in [-0.2, 0) is 112 Å². The fraction of sp³-hybridized carbons (Fsp3) is 0.460. The number of H-pyrrole nitrogens is 3. The van der Waals surface area contributed by atoms with Gasteiger partial charge >= 0.3 is 5.97 Å². The molecule has 9 rings (SSSR count). The number of para-hydroxylation sites is 2. The van der Waals surface area contributed by atoms with E-state index in [0.717, 1.165) is 36.3 Å². The monoisotopic (exact) mass is 1840 g/mol. The zero-order chi connectivity index (χ0) is 95.6. The Kier molecular flexibility index (Phi) is 36.4. The van der Waals surface area contributed by atoms with Gasteiger partial charge in [-0.05, 0) is 80.0 Å². The quantitative estimate of drug-likeness (QED) is 0.0299. The number of rotatable bonds is 22. The summed E-state index contributed by atoms with van der Waals surface area (Å²) in [6.07, 6.45) is 2.92.